The summed E-state index contributed by atoms with van der Waals surface area (Å²) in [5.41, 5.74) is 1.43. The van der Waals surface area contributed by atoms with Crippen LogP contribution < -0.4 is 14.4 Å². The highest BCUT2D eigenvalue weighted by Gasteiger charge is 2.56. The number of anilines is 1. The fourth-order valence-electron chi connectivity index (χ4n) is 3.98. The third-order valence-electron chi connectivity index (χ3n) is 5.49. The quantitative estimate of drug-likeness (QED) is 0.627. The Morgan fingerprint density at radius 2 is 1.70 bits per heavy atom. The standard InChI is InChI=1S/C23H18N2O5/c1-28-16-9-10-18(29-2)17(12-16)20-19-21(30-24-20)23(27)25(22(19)26)15-8-7-13-5-3-4-6-14(13)11-15/h3-12,19,21H,1-2H3. The van der Waals surface area contributed by atoms with Crippen molar-refractivity contribution in [2.24, 2.45) is 11.1 Å². The molecule has 7 nitrogen and oxygen atoms in total. The maximum atomic E-state index is 13.3. The van der Waals surface area contributed by atoms with Crippen LogP contribution >= 0.6 is 0 Å². The lowest BCUT2D eigenvalue weighted by atomic mass is 9.93. The molecule has 0 aromatic heterocycles. The zero-order chi connectivity index (χ0) is 20.8. The number of rotatable bonds is 4. The number of carbonyl (C=O) groups is 2. The summed E-state index contributed by atoms with van der Waals surface area (Å²) in [6, 6.07) is 18.5. The summed E-state index contributed by atoms with van der Waals surface area (Å²) in [4.78, 5) is 33.0. The zero-order valence-corrected chi connectivity index (χ0v) is 16.4. The van der Waals surface area contributed by atoms with E-state index in [0.717, 1.165) is 10.8 Å². The van der Waals surface area contributed by atoms with Crippen molar-refractivity contribution >= 4 is 34.0 Å². The van der Waals surface area contributed by atoms with Crippen molar-refractivity contribution in [2.75, 3.05) is 19.1 Å². The van der Waals surface area contributed by atoms with Gasteiger partial charge in [-0.05, 0) is 41.1 Å². The zero-order valence-electron chi connectivity index (χ0n) is 16.4. The molecule has 1 saturated heterocycles. The van der Waals surface area contributed by atoms with Crippen LogP contribution in [0.1, 0.15) is 5.56 Å². The minimum Gasteiger partial charge on any atom is -0.497 e. The number of amides is 2. The van der Waals surface area contributed by atoms with Gasteiger partial charge in [0.2, 0.25) is 12.0 Å². The van der Waals surface area contributed by atoms with Crippen LogP contribution in [0.25, 0.3) is 10.8 Å². The molecular formula is C23H18N2O5. The second-order valence-electron chi connectivity index (χ2n) is 7.09. The molecule has 0 bridgehead atoms. The third kappa shape index (κ3) is 2.62. The van der Waals surface area contributed by atoms with Gasteiger partial charge in [-0.3, -0.25) is 9.59 Å². The van der Waals surface area contributed by atoms with Crippen LogP contribution in [0.4, 0.5) is 5.69 Å². The highest BCUT2D eigenvalue weighted by molar-refractivity contribution is 6.33. The molecule has 0 radical (unpaired) electrons. The van der Waals surface area contributed by atoms with Crippen molar-refractivity contribution in [3.63, 3.8) is 0 Å². The van der Waals surface area contributed by atoms with Crippen LogP contribution in [-0.2, 0) is 14.4 Å². The monoisotopic (exact) mass is 402 g/mol. The highest BCUT2D eigenvalue weighted by Crippen LogP contribution is 2.38. The van der Waals surface area contributed by atoms with E-state index in [2.05, 4.69) is 5.16 Å². The Bertz CT molecular complexity index is 1220. The number of oxime groups is 1. The molecule has 0 N–H and O–H groups in total. The third-order valence-corrected chi connectivity index (χ3v) is 5.49. The number of carbonyl (C=O) groups excluding carboxylic acids is 2. The Balaban J connectivity index is 1.55. The van der Waals surface area contributed by atoms with Gasteiger partial charge in [0.25, 0.3) is 5.91 Å². The summed E-state index contributed by atoms with van der Waals surface area (Å²) in [6.45, 7) is 0. The van der Waals surface area contributed by atoms with Crippen LogP contribution in [0, 0.1) is 5.92 Å². The summed E-state index contributed by atoms with van der Waals surface area (Å²) < 4.78 is 10.7. The molecule has 2 aliphatic rings. The Hall–Kier alpha value is -3.87. The van der Waals surface area contributed by atoms with Gasteiger partial charge in [0.15, 0.2) is 0 Å². The van der Waals surface area contributed by atoms with Gasteiger partial charge in [-0.25, -0.2) is 4.90 Å². The largest absolute Gasteiger partial charge is 0.497 e. The summed E-state index contributed by atoms with van der Waals surface area (Å²) in [7, 11) is 3.08. The maximum Gasteiger partial charge on any atom is 0.278 e. The van der Waals surface area contributed by atoms with E-state index in [-0.39, 0.29) is 5.91 Å². The van der Waals surface area contributed by atoms with E-state index in [1.54, 1.807) is 31.4 Å². The number of benzene rings is 3. The predicted octanol–water partition coefficient (Wildman–Crippen LogP) is 3.15. The lowest BCUT2D eigenvalue weighted by Gasteiger charge is -2.16. The summed E-state index contributed by atoms with van der Waals surface area (Å²) >= 11 is 0. The highest BCUT2D eigenvalue weighted by atomic mass is 16.7. The SMILES string of the molecule is COc1ccc(OC)c(C2=NOC3C(=O)N(c4ccc5ccccc5c4)C(=O)C23)c1. The van der Waals surface area contributed by atoms with E-state index in [9.17, 15) is 9.59 Å². The van der Waals surface area contributed by atoms with Gasteiger partial charge in [-0.15, -0.1) is 0 Å². The number of fused-ring (bicyclic) bond motifs is 2. The number of ether oxygens (including phenoxy) is 2. The van der Waals surface area contributed by atoms with Gasteiger partial charge in [0, 0.05) is 5.56 Å². The summed E-state index contributed by atoms with van der Waals surface area (Å²) in [6.07, 6.45) is -0.991. The first-order valence-electron chi connectivity index (χ1n) is 9.45. The lowest BCUT2D eigenvalue weighted by Crippen LogP contribution is -2.33. The van der Waals surface area contributed by atoms with Gasteiger partial charge in [-0.2, -0.15) is 0 Å². The lowest BCUT2D eigenvalue weighted by molar-refractivity contribution is -0.126. The second kappa shape index (κ2) is 6.88. The topological polar surface area (TPSA) is 77.4 Å². The van der Waals surface area contributed by atoms with Crippen molar-refractivity contribution in [2.45, 2.75) is 6.10 Å². The molecule has 2 heterocycles. The molecule has 3 aromatic rings. The smallest absolute Gasteiger partial charge is 0.278 e. The first-order chi connectivity index (χ1) is 14.6. The van der Waals surface area contributed by atoms with E-state index in [4.69, 9.17) is 14.3 Å². The van der Waals surface area contributed by atoms with Gasteiger partial charge in [0.05, 0.1) is 19.9 Å². The molecule has 2 atom stereocenters. The minimum absolute atomic E-state index is 0.359. The Morgan fingerprint density at radius 1 is 0.900 bits per heavy atom. The van der Waals surface area contributed by atoms with Gasteiger partial charge in [0.1, 0.15) is 23.1 Å². The first-order valence-corrected chi connectivity index (χ1v) is 9.45. The molecule has 2 unspecified atom stereocenters. The molecule has 7 heteroatoms. The molecule has 150 valence electrons. The summed E-state index contributed by atoms with van der Waals surface area (Å²) in [5, 5.41) is 6.04. The predicted molar refractivity (Wildman–Crippen MR) is 111 cm³/mol. The molecule has 3 aromatic carbocycles. The fourth-order valence-corrected chi connectivity index (χ4v) is 3.98. The molecule has 0 aliphatic carbocycles. The van der Waals surface area contributed by atoms with Crippen LogP contribution in [0.5, 0.6) is 11.5 Å². The first kappa shape index (κ1) is 18.2. The average Bonchev–Trinajstić information content (AvgIpc) is 3.33. The van der Waals surface area contributed by atoms with Crippen molar-refractivity contribution in [3.05, 3.63) is 66.2 Å². The van der Waals surface area contributed by atoms with E-state index in [1.165, 1.54) is 12.0 Å². The Kier molecular flexibility index (Phi) is 4.17. The maximum absolute atomic E-state index is 13.3. The Morgan fingerprint density at radius 3 is 2.47 bits per heavy atom. The van der Waals surface area contributed by atoms with Crippen LogP contribution in [-0.4, -0.2) is 37.8 Å². The summed E-state index contributed by atoms with van der Waals surface area (Å²) in [5.74, 6) is -0.546. The molecular weight excluding hydrogens is 384 g/mol. The van der Waals surface area contributed by atoms with Crippen LogP contribution in [0.3, 0.4) is 0 Å². The van der Waals surface area contributed by atoms with Crippen molar-refractivity contribution < 1.29 is 23.9 Å². The van der Waals surface area contributed by atoms with Gasteiger partial charge in [-0.1, -0.05) is 35.5 Å². The molecule has 2 amide bonds. The normalized spacial score (nSPS) is 20.2. The van der Waals surface area contributed by atoms with Crippen molar-refractivity contribution in [1.82, 2.24) is 0 Å². The minimum atomic E-state index is -0.991. The van der Waals surface area contributed by atoms with Crippen molar-refractivity contribution in [1.29, 1.82) is 0 Å². The number of hydrogen-bond acceptors (Lipinski definition) is 6. The fraction of sp³-hybridized carbons (Fsp3) is 0.174. The van der Waals surface area contributed by atoms with E-state index in [1.807, 2.05) is 36.4 Å². The van der Waals surface area contributed by atoms with E-state index in [0.29, 0.717) is 28.5 Å². The molecule has 5 rings (SSSR count). The number of hydrogen-bond donors (Lipinski definition) is 0. The van der Waals surface area contributed by atoms with Crippen molar-refractivity contribution in [3.8, 4) is 11.5 Å². The molecule has 30 heavy (non-hydrogen) atoms. The average molecular weight is 402 g/mol. The number of methoxy groups -OCH3 is 2. The number of nitrogens with zero attached hydrogens (tertiary/aromatic N) is 2. The molecule has 0 spiro atoms. The van der Waals surface area contributed by atoms with Gasteiger partial charge < -0.3 is 14.3 Å². The van der Waals surface area contributed by atoms with E-state index < -0.39 is 17.9 Å². The molecule has 1 fully saturated rings. The molecule has 2 aliphatic heterocycles. The van der Waals surface area contributed by atoms with Gasteiger partial charge >= 0.3 is 0 Å². The van der Waals surface area contributed by atoms with Crippen LogP contribution in [0.2, 0.25) is 0 Å². The van der Waals surface area contributed by atoms with E-state index >= 15 is 0 Å². The molecule has 0 saturated carbocycles. The van der Waals surface area contributed by atoms with Crippen LogP contribution in [0.15, 0.2) is 65.8 Å². The number of imide groups is 1. The Labute approximate surface area is 172 Å². The second-order valence-corrected chi connectivity index (χ2v) is 7.09.